The molecule has 0 spiro atoms. The van der Waals surface area contributed by atoms with Gasteiger partial charge in [-0.25, -0.2) is 8.42 Å². The van der Waals surface area contributed by atoms with Gasteiger partial charge in [0.25, 0.3) is 0 Å². The van der Waals surface area contributed by atoms with Gasteiger partial charge in [0.1, 0.15) is 5.60 Å². The lowest BCUT2D eigenvalue weighted by Gasteiger charge is -2.32. The third-order valence-electron chi connectivity index (χ3n) is 2.93. The van der Waals surface area contributed by atoms with Crippen molar-refractivity contribution in [3.05, 3.63) is 29.8 Å². The minimum atomic E-state index is -3.14. The highest BCUT2D eigenvalue weighted by Gasteiger charge is 2.38. The summed E-state index contributed by atoms with van der Waals surface area (Å²) < 4.78 is 23.1. The first-order chi connectivity index (χ1) is 7.41. The van der Waals surface area contributed by atoms with Crippen LogP contribution >= 0.6 is 0 Å². The predicted octanol–water partition coefficient (Wildman–Crippen LogP) is 0.665. The van der Waals surface area contributed by atoms with Crippen LogP contribution in [0, 0.1) is 0 Å². The van der Waals surface area contributed by atoms with Gasteiger partial charge in [-0.3, -0.25) is 0 Å². The number of nitrogens with two attached hydrogens (primary N) is 1. The Bertz CT molecular complexity index is 498. The average molecular weight is 241 g/mol. The molecule has 0 saturated carbocycles. The molecule has 2 rings (SSSR count). The summed E-state index contributed by atoms with van der Waals surface area (Å²) in [7, 11) is -3.14. The second kappa shape index (κ2) is 3.75. The van der Waals surface area contributed by atoms with Crippen LogP contribution in [0.4, 0.5) is 5.69 Å². The molecule has 1 fully saturated rings. The topological polar surface area (TPSA) is 80.4 Å². The van der Waals surface area contributed by atoms with Crippen LogP contribution in [0.1, 0.15) is 18.4 Å². The average Bonchev–Trinajstić information content (AvgIpc) is 2.15. The van der Waals surface area contributed by atoms with Gasteiger partial charge >= 0.3 is 0 Å². The number of anilines is 1. The van der Waals surface area contributed by atoms with Crippen molar-refractivity contribution in [2.24, 2.45) is 0 Å². The number of hydrogen-bond donors (Lipinski definition) is 2. The summed E-state index contributed by atoms with van der Waals surface area (Å²) in [5.41, 5.74) is 5.49. The van der Waals surface area contributed by atoms with Crippen molar-refractivity contribution in [2.75, 3.05) is 17.2 Å². The Kier molecular flexibility index (Phi) is 2.67. The van der Waals surface area contributed by atoms with E-state index in [0.29, 0.717) is 24.1 Å². The number of benzene rings is 1. The van der Waals surface area contributed by atoms with Crippen molar-refractivity contribution in [1.82, 2.24) is 0 Å². The molecule has 0 radical (unpaired) electrons. The van der Waals surface area contributed by atoms with Gasteiger partial charge in [-0.15, -0.1) is 0 Å². The van der Waals surface area contributed by atoms with Crippen molar-refractivity contribution >= 4 is 15.5 Å². The summed E-state index contributed by atoms with van der Waals surface area (Å²) in [5.74, 6) is -0.0406. The third kappa shape index (κ3) is 2.20. The zero-order chi connectivity index (χ0) is 11.8. The maximum Gasteiger partial charge on any atom is 0.153 e. The van der Waals surface area contributed by atoms with E-state index >= 15 is 0 Å². The molecule has 4 nitrogen and oxygen atoms in total. The van der Waals surface area contributed by atoms with Gasteiger partial charge in [0.2, 0.25) is 0 Å². The van der Waals surface area contributed by atoms with Crippen molar-refractivity contribution in [1.29, 1.82) is 0 Å². The second-order valence-electron chi connectivity index (χ2n) is 4.35. The molecule has 16 heavy (non-hydrogen) atoms. The summed E-state index contributed by atoms with van der Waals surface area (Å²) >= 11 is 0. The van der Waals surface area contributed by atoms with E-state index in [4.69, 9.17) is 5.73 Å². The van der Waals surface area contributed by atoms with E-state index in [0.717, 1.165) is 0 Å². The summed E-state index contributed by atoms with van der Waals surface area (Å²) in [6, 6.07) is 6.80. The fourth-order valence-corrected chi connectivity index (χ4v) is 3.92. The van der Waals surface area contributed by atoms with Gasteiger partial charge in [0, 0.05) is 5.69 Å². The van der Waals surface area contributed by atoms with E-state index in [-0.39, 0.29) is 11.5 Å². The van der Waals surface area contributed by atoms with Gasteiger partial charge < -0.3 is 10.8 Å². The lowest BCUT2D eigenvalue weighted by molar-refractivity contribution is 0.0468. The van der Waals surface area contributed by atoms with E-state index in [1.165, 1.54) is 0 Å². The van der Waals surface area contributed by atoms with E-state index in [9.17, 15) is 13.5 Å². The van der Waals surface area contributed by atoms with Crippen molar-refractivity contribution < 1.29 is 13.5 Å². The summed E-state index contributed by atoms with van der Waals surface area (Å²) in [5, 5.41) is 10.4. The summed E-state index contributed by atoms with van der Waals surface area (Å²) in [6.07, 6.45) is 0.962. The quantitative estimate of drug-likeness (QED) is 0.708. The highest BCUT2D eigenvalue weighted by atomic mass is 32.2. The van der Waals surface area contributed by atoms with Gasteiger partial charge in [-0.05, 0) is 30.5 Å². The lowest BCUT2D eigenvalue weighted by atomic mass is 9.90. The van der Waals surface area contributed by atoms with Gasteiger partial charge in [-0.2, -0.15) is 0 Å². The molecule has 1 atom stereocenters. The standard InChI is InChI=1S/C11H15NO3S/c12-10-4-1-3-9(7-10)11(13)5-2-6-16(14,15)8-11/h1,3-4,7,13H,2,5-6,8,12H2. The Balaban J connectivity index is 2.38. The van der Waals surface area contributed by atoms with Crippen molar-refractivity contribution in [3.63, 3.8) is 0 Å². The van der Waals surface area contributed by atoms with Gasteiger partial charge in [-0.1, -0.05) is 12.1 Å². The Labute approximate surface area is 95.0 Å². The van der Waals surface area contributed by atoms with E-state index in [2.05, 4.69) is 0 Å². The zero-order valence-electron chi connectivity index (χ0n) is 8.89. The number of aliphatic hydroxyl groups is 1. The molecule has 0 amide bonds. The van der Waals surface area contributed by atoms with Crippen LogP contribution in [0.2, 0.25) is 0 Å². The Hall–Kier alpha value is -1.07. The Morgan fingerprint density at radius 2 is 2.12 bits per heavy atom. The molecule has 0 aromatic heterocycles. The summed E-state index contributed by atoms with van der Waals surface area (Å²) in [6.45, 7) is 0. The number of hydrogen-bond acceptors (Lipinski definition) is 4. The fraction of sp³-hybridized carbons (Fsp3) is 0.455. The molecular formula is C11H15NO3S. The third-order valence-corrected chi connectivity index (χ3v) is 4.76. The fourth-order valence-electron chi connectivity index (χ4n) is 2.15. The number of rotatable bonds is 1. The van der Waals surface area contributed by atoms with Crippen LogP contribution in [-0.4, -0.2) is 25.0 Å². The smallest absolute Gasteiger partial charge is 0.153 e. The van der Waals surface area contributed by atoms with Gasteiger partial charge in [0.05, 0.1) is 11.5 Å². The maximum absolute atomic E-state index is 11.5. The van der Waals surface area contributed by atoms with Crippen molar-refractivity contribution in [3.8, 4) is 0 Å². The van der Waals surface area contributed by atoms with Gasteiger partial charge in [0.15, 0.2) is 9.84 Å². The van der Waals surface area contributed by atoms with E-state index in [1.807, 2.05) is 0 Å². The lowest BCUT2D eigenvalue weighted by Crippen LogP contribution is -2.39. The van der Waals surface area contributed by atoms with Crippen LogP contribution in [0.15, 0.2) is 24.3 Å². The number of nitrogen functional groups attached to an aromatic ring is 1. The van der Waals surface area contributed by atoms with E-state index < -0.39 is 15.4 Å². The first-order valence-electron chi connectivity index (χ1n) is 5.20. The van der Waals surface area contributed by atoms with Crippen LogP contribution in [0.25, 0.3) is 0 Å². The molecule has 5 heteroatoms. The molecule has 3 N–H and O–H groups in total. The molecule has 1 unspecified atom stereocenters. The first-order valence-corrected chi connectivity index (χ1v) is 7.02. The minimum absolute atomic E-state index is 0.164. The van der Waals surface area contributed by atoms with Crippen molar-refractivity contribution in [2.45, 2.75) is 18.4 Å². The number of sulfone groups is 1. The molecule has 88 valence electrons. The molecule has 0 aliphatic carbocycles. The SMILES string of the molecule is Nc1cccc(C2(O)CCCS(=O)(=O)C2)c1. The highest BCUT2D eigenvalue weighted by Crippen LogP contribution is 2.33. The highest BCUT2D eigenvalue weighted by molar-refractivity contribution is 7.91. The zero-order valence-corrected chi connectivity index (χ0v) is 9.70. The largest absolute Gasteiger partial charge is 0.399 e. The molecular weight excluding hydrogens is 226 g/mol. The molecule has 1 heterocycles. The first kappa shape index (κ1) is 11.4. The molecule has 1 aliphatic rings. The molecule has 1 aromatic rings. The second-order valence-corrected chi connectivity index (χ2v) is 6.54. The predicted molar refractivity (Wildman–Crippen MR) is 62.6 cm³/mol. The van der Waals surface area contributed by atoms with Crippen LogP contribution in [-0.2, 0) is 15.4 Å². The monoisotopic (exact) mass is 241 g/mol. The van der Waals surface area contributed by atoms with Crippen LogP contribution in [0.3, 0.4) is 0 Å². The van der Waals surface area contributed by atoms with E-state index in [1.54, 1.807) is 24.3 Å². The minimum Gasteiger partial charge on any atom is -0.399 e. The van der Waals surface area contributed by atoms with Crippen LogP contribution < -0.4 is 5.73 Å². The maximum atomic E-state index is 11.5. The summed E-state index contributed by atoms with van der Waals surface area (Å²) in [4.78, 5) is 0. The van der Waals surface area contributed by atoms with Crippen LogP contribution in [0.5, 0.6) is 0 Å². The molecule has 1 aromatic carbocycles. The Morgan fingerprint density at radius 3 is 2.75 bits per heavy atom. The normalized spacial score (nSPS) is 28.8. The molecule has 1 aliphatic heterocycles. The molecule has 0 bridgehead atoms. The molecule has 1 saturated heterocycles. The Morgan fingerprint density at radius 1 is 1.38 bits per heavy atom.